The van der Waals surface area contributed by atoms with E-state index in [0.717, 1.165) is 9.13 Å². The zero-order chi connectivity index (χ0) is 22.3. The molecule has 11 nitrogen and oxygen atoms in total. The van der Waals surface area contributed by atoms with Crippen LogP contribution in [0, 0.1) is 3.57 Å². The summed E-state index contributed by atoms with van der Waals surface area (Å²) in [4.78, 5) is 24.4. The lowest BCUT2D eigenvalue weighted by Gasteiger charge is -2.34. The van der Waals surface area contributed by atoms with Gasteiger partial charge in [0, 0.05) is 17.0 Å². The number of carbonyl (C=O) groups is 1. The van der Waals surface area contributed by atoms with Gasteiger partial charge in [0.15, 0.2) is 23.3 Å². The molecule has 0 aliphatic carbocycles. The monoisotopic (exact) mass is 540 g/mol. The van der Waals surface area contributed by atoms with Crippen LogP contribution in [-0.4, -0.2) is 72.2 Å². The highest BCUT2D eigenvalue weighted by Gasteiger charge is 2.58. The van der Waals surface area contributed by atoms with Crippen LogP contribution in [0.3, 0.4) is 0 Å². The van der Waals surface area contributed by atoms with Crippen LogP contribution in [0.2, 0.25) is 0 Å². The van der Waals surface area contributed by atoms with E-state index in [0.29, 0.717) is 5.52 Å². The first-order chi connectivity index (χ1) is 14.8. The van der Waals surface area contributed by atoms with Crippen molar-refractivity contribution in [3.63, 3.8) is 0 Å². The largest absolute Gasteiger partial charge is 0.387 e. The first-order valence-electron chi connectivity index (χ1n) is 9.40. The number of amides is 1. The fourth-order valence-electron chi connectivity index (χ4n) is 3.87. The summed E-state index contributed by atoms with van der Waals surface area (Å²) in [5.41, 5.74) is 5.64. The molecule has 5 atom stereocenters. The van der Waals surface area contributed by atoms with Crippen LogP contribution in [0.4, 0.5) is 5.82 Å². The lowest BCUT2D eigenvalue weighted by molar-refractivity contribution is -0.166. The van der Waals surface area contributed by atoms with Crippen molar-refractivity contribution in [3.05, 3.63) is 46.1 Å². The number of anilines is 1. The fourth-order valence-corrected chi connectivity index (χ4v) is 4.48. The molecule has 0 bridgehead atoms. The van der Waals surface area contributed by atoms with Crippen LogP contribution >= 0.6 is 22.6 Å². The summed E-state index contributed by atoms with van der Waals surface area (Å²) < 4.78 is 8.53. The number of imidazole rings is 1. The quantitative estimate of drug-likeness (QED) is 0.259. The third kappa shape index (κ3) is 3.63. The maximum absolute atomic E-state index is 12.0. The number of likely N-dealkylation sites (N-methyl/N-ethyl adjacent to an activating group) is 1. The summed E-state index contributed by atoms with van der Waals surface area (Å²) in [6.07, 6.45) is -3.46. The predicted octanol–water partition coefficient (Wildman–Crippen LogP) is -0.864. The number of benzene rings is 1. The van der Waals surface area contributed by atoms with Crippen molar-refractivity contribution in [2.45, 2.75) is 36.6 Å². The van der Waals surface area contributed by atoms with Crippen molar-refractivity contribution in [1.82, 2.24) is 24.8 Å². The van der Waals surface area contributed by atoms with E-state index in [4.69, 9.17) is 10.5 Å². The molecule has 6 N–H and O–H groups in total. The summed E-state index contributed by atoms with van der Waals surface area (Å²) in [5.74, 6) is -0.605. The SMILES string of the molecule is CNC(=O)C(O)[C@H]1O[C@@](Cc2cccc(I)c2)(n2cnc3c(N)ncnc32)[C@H](O)[C@@H]1O. The number of aliphatic hydroxyl groups is 3. The van der Waals surface area contributed by atoms with Crippen molar-refractivity contribution < 1.29 is 24.9 Å². The Morgan fingerprint density at radius 3 is 2.87 bits per heavy atom. The number of hydrogen-bond donors (Lipinski definition) is 5. The lowest BCUT2D eigenvalue weighted by Crippen LogP contribution is -2.47. The van der Waals surface area contributed by atoms with Gasteiger partial charge < -0.3 is 31.1 Å². The second-order valence-electron chi connectivity index (χ2n) is 7.27. The summed E-state index contributed by atoms with van der Waals surface area (Å²) >= 11 is 2.16. The topological polar surface area (TPSA) is 169 Å². The van der Waals surface area contributed by atoms with Crippen LogP contribution in [0.1, 0.15) is 5.56 Å². The molecular formula is C19H21IN6O5. The molecule has 1 aromatic carbocycles. The van der Waals surface area contributed by atoms with Gasteiger partial charge in [-0.25, -0.2) is 15.0 Å². The number of nitrogens with two attached hydrogens (primary N) is 1. The third-order valence-electron chi connectivity index (χ3n) is 5.40. The van der Waals surface area contributed by atoms with E-state index in [1.165, 1.54) is 24.3 Å². The van der Waals surface area contributed by atoms with Crippen molar-refractivity contribution in [2.75, 3.05) is 12.8 Å². The lowest BCUT2D eigenvalue weighted by atomic mass is 9.94. The van der Waals surface area contributed by atoms with E-state index in [1.807, 2.05) is 24.3 Å². The van der Waals surface area contributed by atoms with Crippen LogP contribution < -0.4 is 11.1 Å². The van der Waals surface area contributed by atoms with Gasteiger partial charge in [-0.1, -0.05) is 12.1 Å². The molecule has 1 aliphatic heterocycles. The average Bonchev–Trinajstić information content (AvgIpc) is 3.29. The summed E-state index contributed by atoms with van der Waals surface area (Å²) in [7, 11) is 1.35. The van der Waals surface area contributed by atoms with Gasteiger partial charge in [-0.2, -0.15) is 0 Å². The van der Waals surface area contributed by atoms with Gasteiger partial charge in [-0.3, -0.25) is 9.36 Å². The molecule has 164 valence electrons. The number of nitrogens with one attached hydrogen (secondary N) is 1. The number of nitrogens with zero attached hydrogens (tertiary/aromatic N) is 4. The Hall–Kier alpha value is -2.39. The first-order valence-corrected chi connectivity index (χ1v) is 10.5. The second-order valence-corrected chi connectivity index (χ2v) is 8.52. The smallest absolute Gasteiger partial charge is 0.251 e. The van der Waals surface area contributed by atoms with Gasteiger partial charge in [-0.15, -0.1) is 0 Å². The minimum atomic E-state index is -1.71. The molecule has 31 heavy (non-hydrogen) atoms. The Labute approximate surface area is 190 Å². The Morgan fingerprint density at radius 1 is 1.39 bits per heavy atom. The number of ether oxygens (including phenoxy) is 1. The van der Waals surface area contributed by atoms with E-state index in [9.17, 15) is 20.1 Å². The van der Waals surface area contributed by atoms with E-state index in [-0.39, 0.29) is 17.9 Å². The maximum atomic E-state index is 12.0. The van der Waals surface area contributed by atoms with Crippen LogP contribution in [-0.2, 0) is 21.7 Å². The molecule has 2 aromatic heterocycles. The Kier molecular flexibility index (Phi) is 5.83. The zero-order valence-electron chi connectivity index (χ0n) is 16.4. The van der Waals surface area contributed by atoms with E-state index in [2.05, 4.69) is 42.9 Å². The number of fused-ring (bicyclic) bond motifs is 1. The van der Waals surface area contributed by atoms with Crippen molar-refractivity contribution in [1.29, 1.82) is 0 Å². The maximum Gasteiger partial charge on any atom is 0.251 e. The second kappa shape index (κ2) is 8.27. The number of carbonyl (C=O) groups excluding carboxylic acids is 1. The van der Waals surface area contributed by atoms with Crippen molar-refractivity contribution in [2.24, 2.45) is 0 Å². The number of nitrogen functional groups attached to an aromatic ring is 1. The average molecular weight is 540 g/mol. The number of halogens is 1. The Bertz CT molecular complexity index is 1130. The van der Waals surface area contributed by atoms with Crippen LogP contribution in [0.25, 0.3) is 11.2 Å². The molecule has 4 rings (SSSR count). The predicted molar refractivity (Wildman–Crippen MR) is 118 cm³/mol. The standard InChI is InChI=1S/C19H21IN6O5/c1-22-18(30)13(28)14-12(27)15(29)19(31-14,6-9-3-2-4-10(20)5-9)26-8-25-11-16(21)23-7-24-17(11)26/h2-5,7-8,12-15,27-29H,6H2,1H3,(H,22,30)(H2,21,23,24)/t12-,13?,14+,15-,19-/m1/s1. The van der Waals surface area contributed by atoms with Gasteiger partial charge in [0.05, 0.1) is 6.33 Å². The fraction of sp³-hybridized carbons (Fsp3) is 0.368. The number of aromatic nitrogens is 4. The molecule has 0 saturated carbocycles. The Morgan fingerprint density at radius 2 is 2.16 bits per heavy atom. The normalized spacial score (nSPS) is 26.8. The zero-order valence-corrected chi connectivity index (χ0v) is 18.5. The molecule has 1 saturated heterocycles. The van der Waals surface area contributed by atoms with Crippen molar-refractivity contribution in [3.8, 4) is 0 Å². The summed E-state index contributed by atoms with van der Waals surface area (Å²) in [6, 6.07) is 7.51. The number of rotatable bonds is 5. The third-order valence-corrected chi connectivity index (χ3v) is 6.08. The van der Waals surface area contributed by atoms with Crippen LogP contribution in [0.15, 0.2) is 36.9 Å². The minimum absolute atomic E-state index is 0.0917. The van der Waals surface area contributed by atoms with Gasteiger partial charge in [0.2, 0.25) is 0 Å². The molecule has 3 aromatic rings. The Balaban J connectivity index is 1.87. The number of hydrogen-bond acceptors (Lipinski definition) is 9. The first kappa shape index (κ1) is 21.8. The van der Waals surface area contributed by atoms with E-state index < -0.39 is 36.0 Å². The summed E-state index contributed by atoms with van der Waals surface area (Å²) in [6.45, 7) is 0. The molecule has 0 spiro atoms. The van der Waals surface area contributed by atoms with Gasteiger partial charge in [0.1, 0.15) is 30.2 Å². The molecule has 0 radical (unpaired) electrons. The van der Waals surface area contributed by atoms with Crippen molar-refractivity contribution >= 4 is 45.5 Å². The molecule has 3 heterocycles. The minimum Gasteiger partial charge on any atom is -0.387 e. The highest BCUT2D eigenvalue weighted by Crippen LogP contribution is 2.41. The summed E-state index contributed by atoms with van der Waals surface area (Å²) in [5, 5.41) is 34.7. The van der Waals surface area contributed by atoms with Gasteiger partial charge in [0.25, 0.3) is 5.91 Å². The number of aliphatic hydroxyl groups excluding tert-OH is 3. The van der Waals surface area contributed by atoms with Crippen LogP contribution in [0.5, 0.6) is 0 Å². The van der Waals surface area contributed by atoms with E-state index in [1.54, 1.807) is 0 Å². The molecular weight excluding hydrogens is 519 g/mol. The molecule has 1 amide bonds. The molecule has 1 fully saturated rings. The van der Waals surface area contributed by atoms with E-state index >= 15 is 0 Å². The molecule has 1 aliphatic rings. The molecule has 1 unspecified atom stereocenters. The molecule has 12 heteroatoms. The highest BCUT2D eigenvalue weighted by molar-refractivity contribution is 14.1. The van der Waals surface area contributed by atoms with Gasteiger partial charge >= 0.3 is 0 Å². The highest BCUT2D eigenvalue weighted by atomic mass is 127. The van der Waals surface area contributed by atoms with Gasteiger partial charge in [-0.05, 0) is 40.3 Å².